The van der Waals surface area contributed by atoms with E-state index in [-0.39, 0.29) is 18.2 Å². The van der Waals surface area contributed by atoms with Crippen molar-refractivity contribution in [3.05, 3.63) is 71.8 Å². The normalized spacial score (nSPS) is 25.7. The van der Waals surface area contributed by atoms with Gasteiger partial charge in [0.1, 0.15) is 5.60 Å². The fourth-order valence-electron chi connectivity index (χ4n) is 6.07. The van der Waals surface area contributed by atoms with Gasteiger partial charge in [-0.1, -0.05) is 60.7 Å². The van der Waals surface area contributed by atoms with E-state index in [0.717, 1.165) is 26.2 Å². The van der Waals surface area contributed by atoms with Crippen LogP contribution in [0.15, 0.2) is 60.7 Å². The molecule has 2 aromatic rings. The SMILES string of the molecule is CC1CN(C2CCC(N(Cc3ccccc3)Cc3ccccc3)CC2)CC(C)N1C(=O)OC(C)(C)C. The maximum absolute atomic E-state index is 12.8. The summed E-state index contributed by atoms with van der Waals surface area (Å²) in [5, 5.41) is 0. The van der Waals surface area contributed by atoms with Crippen molar-refractivity contribution in [2.45, 2.75) is 103 Å². The third-order valence-corrected chi connectivity index (χ3v) is 7.71. The highest BCUT2D eigenvalue weighted by Gasteiger charge is 2.39. The molecule has 1 saturated carbocycles. The quantitative estimate of drug-likeness (QED) is 0.473. The molecule has 196 valence electrons. The molecule has 0 spiro atoms. The average Bonchev–Trinajstić information content (AvgIpc) is 2.83. The Kier molecular flexibility index (Phi) is 8.74. The molecule has 1 saturated heterocycles. The van der Waals surface area contributed by atoms with Crippen molar-refractivity contribution < 1.29 is 9.53 Å². The van der Waals surface area contributed by atoms with Crippen molar-refractivity contribution in [2.24, 2.45) is 0 Å². The van der Waals surface area contributed by atoms with Crippen molar-refractivity contribution in [3.8, 4) is 0 Å². The standard InChI is InChI=1S/C31H45N3O2/c1-24-20-32(21-25(2)34(24)30(35)36-31(3,4)5)28-16-18-29(19-17-28)33(22-26-12-8-6-9-13-26)23-27-14-10-7-11-15-27/h6-15,24-25,28-29H,16-23H2,1-5H3. The summed E-state index contributed by atoms with van der Waals surface area (Å²) in [6, 6.07) is 23.3. The Balaban J connectivity index is 1.36. The minimum absolute atomic E-state index is 0.161. The van der Waals surface area contributed by atoms with Gasteiger partial charge in [-0.25, -0.2) is 4.79 Å². The van der Waals surface area contributed by atoms with Crippen LogP contribution in [0.5, 0.6) is 0 Å². The molecule has 5 nitrogen and oxygen atoms in total. The highest BCUT2D eigenvalue weighted by atomic mass is 16.6. The first-order chi connectivity index (χ1) is 17.2. The molecular weight excluding hydrogens is 446 g/mol. The molecule has 1 heterocycles. The lowest BCUT2D eigenvalue weighted by atomic mass is 9.87. The highest BCUT2D eigenvalue weighted by molar-refractivity contribution is 5.69. The maximum Gasteiger partial charge on any atom is 0.410 e. The van der Waals surface area contributed by atoms with Crippen molar-refractivity contribution in [3.63, 3.8) is 0 Å². The van der Waals surface area contributed by atoms with E-state index >= 15 is 0 Å². The van der Waals surface area contributed by atoms with Crippen molar-refractivity contribution in [1.29, 1.82) is 0 Å². The van der Waals surface area contributed by atoms with Crippen LogP contribution in [-0.2, 0) is 17.8 Å². The lowest BCUT2D eigenvalue weighted by Crippen LogP contribution is -2.61. The molecule has 1 amide bonds. The Bertz CT molecular complexity index is 897. The van der Waals surface area contributed by atoms with Gasteiger partial charge in [0.05, 0.1) is 0 Å². The predicted octanol–water partition coefficient (Wildman–Crippen LogP) is 6.33. The van der Waals surface area contributed by atoms with Crippen LogP contribution in [-0.4, -0.2) is 63.7 Å². The summed E-state index contributed by atoms with van der Waals surface area (Å²) in [5.41, 5.74) is 2.31. The van der Waals surface area contributed by atoms with Gasteiger partial charge in [0.15, 0.2) is 0 Å². The number of benzene rings is 2. The largest absolute Gasteiger partial charge is 0.444 e. The van der Waals surface area contributed by atoms with Crippen LogP contribution in [0.2, 0.25) is 0 Å². The number of carbonyl (C=O) groups excluding carboxylic acids is 1. The van der Waals surface area contributed by atoms with Gasteiger partial charge < -0.3 is 9.64 Å². The van der Waals surface area contributed by atoms with E-state index in [2.05, 4.69) is 84.3 Å². The molecule has 36 heavy (non-hydrogen) atoms. The van der Waals surface area contributed by atoms with E-state index in [1.54, 1.807) is 0 Å². The summed E-state index contributed by atoms with van der Waals surface area (Å²) < 4.78 is 5.70. The van der Waals surface area contributed by atoms with Crippen LogP contribution >= 0.6 is 0 Å². The minimum Gasteiger partial charge on any atom is -0.444 e. The predicted molar refractivity (Wildman–Crippen MR) is 147 cm³/mol. The smallest absolute Gasteiger partial charge is 0.410 e. The summed E-state index contributed by atoms with van der Waals surface area (Å²) in [4.78, 5) is 20.1. The molecule has 1 aliphatic heterocycles. The zero-order chi connectivity index (χ0) is 25.7. The van der Waals surface area contributed by atoms with Gasteiger partial charge in [0.2, 0.25) is 0 Å². The molecule has 0 N–H and O–H groups in total. The van der Waals surface area contributed by atoms with Crippen molar-refractivity contribution >= 4 is 6.09 Å². The number of ether oxygens (including phenoxy) is 1. The zero-order valence-corrected chi connectivity index (χ0v) is 22.9. The van der Waals surface area contributed by atoms with E-state index < -0.39 is 5.60 Å². The number of hydrogen-bond donors (Lipinski definition) is 0. The summed E-state index contributed by atoms with van der Waals surface area (Å²) in [6.07, 6.45) is 4.70. The van der Waals surface area contributed by atoms with E-state index in [1.807, 2.05) is 25.7 Å². The van der Waals surface area contributed by atoms with Crippen LogP contribution in [0.3, 0.4) is 0 Å². The summed E-state index contributed by atoms with van der Waals surface area (Å²) >= 11 is 0. The molecule has 2 fully saturated rings. The minimum atomic E-state index is -0.461. The van der Waals surface area contributed by atoms with Crippen LogP contribution in [0.25, 0.3) is 0 Å². The van der Waals surface area contributed by atoms with Gasteiger partial charge in [-0.3, -0.25) is 9.80 Å². The molecule has 2 unspecified atom stereocenters. The van der Waals surface area contributed by atoms with Gasteiger partial charge in [-0.05, 0) is 71.4 Å². The lowest BCUT2D eigenvalue weighted by Gasteiger charge is -2.49. The molecule has 0 bridgehead atoms. The Morgan fingerprint density at radius 3 is 1.75 bits per heavy atom. The number of piperazine rings is 1. The topological polar surface area (TPSA) is 36.0 Å². The molecule has 2 atom stereocenters. The van der Waals surface area contributed by atoms with Gasteiger partial charge in [0.25, 0.3) is 0 Å². The lowest BCUT2D eigenvalue weighted by molar-refractivity contribution is -0.0286. The van der Waals surface area contributed by atoms with E-state index in [0.29, 0.717) is 12.1 Å². The third kappa shape index (κ3) is 7.10. The maximum atomic E-state index is 12.8. The molecule has 2 aliphatic rings. The first-order valence-corrected chi connectivity index (χ1v) is 13.8. The fourth-order valence-corrected chi connectivity index (χ4v) is 6.07. The first-order valence-electron chi connectivity index (χ1n) is 13.8. The van der Waals surface area contributed by atoms with Crippen molar-refractivity contribution in [2.75, 3.05) is 13.1 Å². The second kappa shape index (κ2) is 11.8. The van der Waals surface area contributed by atoms with Crippen LogP contribution in [0.4, 0.5) is 4.79 Å². The number of nitrogens with zero attached hydrogens (tertiary/aromatic N) is 3. The Labute approximate surface area is 218 Å². The second-order valence-corrected chi connectivity index (χ2v) is 11.9. The Morgan fingerprint density at radius 1 is 0.833 bits per heavy atom. The molecule has 4 rings (SSSR count). The van der Waals surface area contributed by atoms with Gasteiger partial charge in [-0.2, -0.15) is 0 Å². The number of carbonyl (C=O) groups is 1. The molecule has 1 aliphatic carbocycles. The average molecular weight is 492 g/mol. The van der Waals surface area contributed by atoms with Gasteiger partial charge in [0, 0.05) is 50.3 Å². The zero-order valence-electron chi connectivity index (χ0n) is 22.9. The van der Waals surface area contributed by atoms with Crippen molar-refractivity contribution in [1.82, 2.24) is 14.7 Å². The molecular formula is C31H45N3O2. The highest BCUT2D eigenvalue weighted by Crippen LogP contribution is 2.31. The molecule has 5 heteroatoms. The van der Waals surface area contributed by atoms with Crippen LogP contribution in [0, 0.1) is 0 Å². The molecule has 0 aromatic heterocycles. The number of rotatable bonds is 6. The monoisotopic (exact) mass is 491 g/mol. The Hall–Kier alpha value is -2.37. The fraction of sp³-hybridized carbons (Fsp3) is 0.581. The van der Waals surface area contributed by atoms with Gasteiger partial charge in [-0.15, -0.1) is 0 Å². The summed E-state index contributed by atoms with van der Waals surface area (Å²) in [5.74, 6) is 0. The van der Waals surface area contributed by atoms with Gasteiger partial charge >= 0.3 is 6.09 Å². The Morgan fingerprint density at radius 2 is 1.31 bits per heavy atom. The summed E-state index contributed by atoms with van der Waals surface area (Å²) in [7, 11) is 0. The summed E-state index contributed by atoms with van der Waals surface area (Å²) in [6.45, 7) is 14.0. The second-order valence-electron chi connectivity index (χ2n) is 11.9. The van der Waals surface area contributed by atoms with E-state index in [1.165, 1.54) is 36.8 Å². The first kappa shape index (κ1) is 26.7. The molecule has 0 radical (unpaired) electrons. The number of amides is 1. The van der Waals surface area contributed by atoms with E-state index in [4.69, 9.17) is 4.74 Å². The van der Waals surface area contributed by atoms with Crippen LogP contribution in [0.1, 0.15) is 71.4 Å². The van der Waals surface area contributed by atoms with E-state index in [9.17, 15) is 4.79 Å². The number of hydrogen-bond acceptors (Lipinski definition) is 4. The third-order valence-electron chi connectivity index (χ3n) is 7.71. The molecule has 2 aromatic carbocycles. The van der Waals surface area contributed by atoms with Crippen LogP contribution < -0.4 is 0 Å².